The molecule has 1 aliphatic heterocycles. The van der Waals surface area contributed by atoms with E-state index in [1.54, 1.807) is 11.8 Å². The molecule has 1 aliphatic rings. The zero-order chi connectivity index (χ0) is 10.6. The van der Waals surface area contributed by atoms with Gasteiger partial charge in [-0.05, 0) is 6.26 Å². The Balaban J connectivity index is 2.62. The van der Waals surface area contributed by atoms with Gasteiger partial charge in [0.1, 0.15) is 6.04 Å². The molecule has 0 aromatic rings. The Bertz CT molecular complexity index is 235. The summed E-state index contributed by atoms with van der Waals surface area (Å²) < 4.78 is 0. The van der Waals surface area contributed by atoms with E-state index >= 15 is 0 Å². The summed E-state index contributed by atoms with van der Waals surface area (Å²) in [6.45, 7) is 0.557. The first kappa shape index (κ1) is 11.7. The lowest BCUT2D eigenvalue weighted by atomic mass is 10.2. The Morgan fingerprint density at radius 1 is 1.64 bits per heavy atom. The number of carboxylic acids is 1. The van der Waals surface area contributed by atoms with Crippen molar-refractivity contribution < 1.29 is 14.7 Å². The van der Waals surface area contributed by atoms with Crippen LogP contribution in [0.25, 0.3) is 0 Å². The lowest BCUT2D eigenvalue weighted by molar-refractivity contribution is -0.148. The lowest BCUT2D eigenvalue weighted by Gasteiger charge is -2.32. The van der Waals surface area contributed by atoms with E-state index in [-0.39, 0.29) is 5.91 Å². The van der Waals surface area contributed by atoms with E-state index in [9.17, 15) is 9.59 Å². The second kappa shape index (κ2) is 5.50. The fraction of sp³-hybridized carbons (Fsp3) is 0.750. The summed E-state index contributed by atoms with van der Waals surface area (Å²) in [4.78, 5) is 23.9. The normalized spacial score (nSPS) is 22.1. The Labute approximate surface area is 91.4 Å². The van der Waals surface area contributed by atoms with Gasteiger partial charge < -0.3 is 10.0 Å². The van der Waals surface area contributed by atoms with Crippen molar-refractivity contribution in [1.82, 2.24) is 4.90 Å². The summed E-state index contributed by atoms with van der Waals surface area (Å²) >= 11 is 3.02. The third-order valence-corrected chi connectivity index (χ3v) is 3.56. The van der Waals surface area contributed by atoms with Crippen LogP contribution in [0.15, 0.2) is 0 Å². The fourth-order valence-electron chi connectivity index (χ4n) is 1.31. The minimum atomic E-state index is -0.897. The van der Waals surface area contributed by atoms with Crippen molar-refractivity contribution in [1.29, 1.82) is 0 Å². The number of amides is 1. The number of carbonyl (C=O) groups is 2. The molecule has 0 saturated carbocycles. The molecule has 1 N–H and O–H groups in total. The molecule has 0 aliphatic carbocycles. The number of hydrogen-bond donors (Lipinski definition) is 1. The van der Waals surface area contributed by atoms with Crippen molar-refractivity contribution in [2.75, 3.05) is 30.1 Å². The van der Waals surface area contributed by atoms with Crippen LogP contribution in [-0.2, 0) is 9.59 Å². The average Bonchev–Trinajstić information content (AvgIpc) is 2.18. The van der Waals surface area contributed by atoms with E-state index in [4.69, 9.17) is 5.11 Å². The first-order chi connectivity index (χ1) is 6.66. The first-order valence-electron chi connectivity index (χ1n) is 4.25. The minimum Gasteiger partial charge on any atom is -0.480 e. The predicted octanol–water partition coefficient (Wildman–Crippen LogP) is 0.378. The molecule has 6 heteroatoms. The van der Waals surface area contributed by atoms with Gasteiger partial charge in [-0.3, -0.25) is 4.79 Å². The van der Waals surface area contributed by atoms with Crippen LogP contribution < -0.4 is 0 Å². The number of carboxylic acid groups (broad SMARTS) is 1. The van der Waals surface area contributed by atoms with Gasteiger partial charge in [-0.2, -0.15) is 23.5 Å². The molecular formula is C8H13NO3S2. The van der Waals surface area contributed by atoms with E-state index < -0.39 is 12.0 Å². The summed E-state index contributed by atoms with van der Waals surface area (Å²) in [5, 5.41) is 8.91. The Morgan fingerprint density at radius 2 is 2.36 bits per heavy atom. The van der Waals surface area contributed by atoms with E-state index in [0.717, 1.165) is 5.75 Å². The van der Waals surface area contributed by atoms with E-state index in [0.29, 0.717) is 18.1 Å². The van der Waals surface area contributed by atoms with Crippen LogP contribution in [0.4, 0.5) is 0 Å². The smallest absolute Gasteiger partial charge is 0.327 e. The molecule has 1 unspecified atom stereocenters. The summed E-state index contributed by atoms with van der Waals surface area (Å²) in [6.07, 6.45) is 1.84. The molecule has 0 radical (unpaired) electrons. The maximum Gasteiger partial charge on any atom is 0.327 e. The molecule has 1 rings (SSSR count). The minimum absolute atomic E-state index is 0.0646. The molecule has 1 saturated heterocycles. The topological polar surface area (TPSA) is 57.6 Å². The Morgan fingerprint density at radius 3 is 2.93 bits per heavy atom. The molecule has 0 spiro atoms. The van der Waals surface area contributed by atoms with Crippen LogP contribution in [0.3, 0.4) is 0 Å². The van der Waals surface area contributed by atoms with Crippen LogP contribution in [-0.4, -0.2) is 58.0 Å². The summed E-state index contributed by atoms with van der Waals surface area (Å²) in [5.41, 5.74) is 0. The van der Waals surface area contributed by atoms with Crippen molar-refractivity contribution in [2.24, 2.45) is 0 Å². The molecule has 80 valence electrons. The van der Waals surface area contributed by atoms with Crippen LogP contribution in [0.1, 0.15) is 0 Å². The van der Waals surface area contributed by atoms with Gasteiger partial charge in [0.15, 0.2) is 0 Å². The SMILES string of the molecule is CSCC(=O)N1CCSCC1C(=O)O. The van der Waals surface area contributed by atoms with Crippen molar-refractivity contribution in [3.63, 3.8) is 0 Å². The van der Waals surface area contributed by atoms with Crippen molar-refractivity contribution >= 4 is 35.4 Å². The summed E-state index contributed by atoms with van der Waals surface area (Å²) in [5.74, 6) is 0.755. The third kappa shape index (κ3) is 2.81. The van der Waals surface area contributed by atoms with Gasteiger partial charge in [-0.15, -0.1) is 0 Å². The van der Waals surface area contributed by atoms with Gasteiger partial charge in [-0.25, -0.2) is 4.79 Å². The highest BCUT2D eigenvalue weighted by molar-refractivity contribution is 7.99. The van der Waals surface area contributed by atoms with Gasteiger partial charge >= 0.3 is 5.97 Å². The number of aliphatic carboxylic acids is 1. The Hall–Kier alpha value is -0.360. The summed E-state index contributed by atoms with van der Waals surface area (Å²) in [7, 11) is 0. The molecule has 4 nitrogen and oxygen atoms in total. The zero-order valence-electron chi connectivity index (χ0n) is 7.93. The van der Waals surface area contributed by atoms with Gasteiger partial charge in [0.2, 0.25) is 5.91 Å². The van der Waals surface area contributed by atoms with Crippen LogP contribution >= 0.6 is 23.5 Å². The van der Waals surface area contributed by atoms with Crippen molar-refractivity contribution in [3.05, 3.63) is 0 Å². The van der Waals surface area contributed by atoms with Gasteiger partial charge in [-0.1, -0.05) is 0 Å². The van der Waals surface area contributed by atoms with Gasteiger partial charge in [0.25, 0.3) is 0 Å². The highest BCUT2D eigenvalue weighted by Crippen LogP contribution is 2.17. The number of hydrogen-bond acceptors (Lipinski definition) is 4. The first-order valence-corrected chi connectivity index (χ1v) is 6.80. The molecule has 1 atom stereocenters. The molecule has 0 bridgehead atoms. The second-order valence-corrected chi connectivity index (χ2v) is 4.96. The van der Waals surface area contributed by atoms with Crippen molar-refractivity contribution in [2.45, 2.75) is 6.04 Å². The van der Waals surface area contributed by atoms with Gasteiger partial charge in [0, 0.05) is 18.1 Å². The van der Waals surface area contributed by atoms with Crippen molar-refractivity contribution in [3.8, 4) is 0 Å². The van der Waals surface area contributed by atoms with Crippen LogP contribution in [0.2, 0.25) is 0 Å². The molecule has 1 amide bonds. The zero-order valence-corrected chi connectivity index (χ0v) is 9.57. The number of rotatable bonds is 3. The largest absolute Gasteiger partial charge is 0.480 e. The van der Waals surface area contributed by atoms with E-state index in [1.807, 2.05) is 6.26 Å². The monoisotopic (exact) mass is 235 g/mol. The molecular weight excluding hydrogens is 222 g/mol. The molecule has 1 fully saturated rings. The van der Waals surface area contributed by atoms with Crippen LogP contribution in [0.5, 0.6) is 0 Å². The maximum atomic E-state index is 11.5. The van der Waals surface area contributed by atoms with Gasteiger partial charge in [0.05, 0.1) is 5.75 Å². The third-order valence-electron chi connectivity index (χ3n) is 2.00. The Kier molecular flexibility index (Phi) is 4.60. The maximum absolute atomic E-state index is 11.5. The average molecular weight is 235 g/mol. The lowest BCUT2D eigenvalue weighted by Crippen LogP contribution is -2.50. The highest BCUT2D eigenvalue weighted by Gasteiger charge is 2.31. The number of thioether (sulfide) groups is 2. The molecule has 0 aromatic heterocycles. The molecule has 1 heterocycles. The van der Waals surface area contributed by atoms with E-state index in [2.05, 4.69) is 0 Å². The molecule has 14 heavy (non-hydrogen) atoms. The standard InChI is InChI=1S/C8H13NO3S2/c1-13-5-7(10)9-2-3-14-4-6(9)8(11)12/h6H,2-5H2,1H3,(H,11,12). The highest BCUT2D eigenvalue weighted by atomic mass is 32.2. The fourth-order valence-corrected chi connectivity index (χ4v) is 2.76. The molecule has 0 aromatic carbocycles. The number of nitrogens with zero attached hydrogens (tertiary/aromatic N) is 1. The predicted molar refractivity (Wildman–Crippen MR) is 58.8 cm³/mol. The second-order valence-electron chi connectivity index (χ2n) is 2.95. The van der Waals surface area contributed by atoms with Crippen LogP contribution in [0, 0.1) is 0 Å². The summed E-state index contributed by atoms with van der Waals surface area (Å²) in [6, 6.07) is -0.631. The van der Waals surface area contributed by atoms with E-state index in [1.165, 1.54) is 16.7 Å². The number of carbonyl (C=O) groups excluding carboxylic acids is 1. The quantitative estimate of drug-likeness (QED) is 0.766.